The fourth-order valence-corrected chi connectivity index (χ4v) is 3.60. The average Bonchev–Trinajstić information content (AvgIpc) is 2.99. The van der Waals surface area contributed by atoms with E-state index in [1.54, 1.807) is 12.1 Å². The molecule has 1 unspecified atom stereocenters. The van der Waals surface area contributed by atoms with E-state index < -0.39 is 0 Å². The SMILES string of the molecule is CC1(Nc2nc(-c3ccc(F)cc3)ccc2CC2CCC2)CCOC1. The summed E-state index contributed by atoms with van der Waals surface area (Å²) in [5, 5.41) is 3.65. The Kier molecular flexibility index (Phi) is 4.46. The van der Waals surface area contributed by atoms with Gasteiger partial charge < -0.3 is 10.1 Å². The predicted octanol–water partition coefficient (Wildman–Crippen LogP) is 4.82. The third-order valence-electron chi connectivity index (χ3n) is 5.49. The molecule has 1 N–H and O–H groups in total. The fourth-order valence-electron chi connectivity index (χ4n) is 3.60. The molecule has 1 aliphatic carbocycles. The number of ether oxygens (including phenoxy) is 1. The molecular formula is C21H25FN2O. The number of rotatable bonds is 5. The van der Waals surface area contributed by atoms with E-state index >= 15 is 0 Å². The quantitative estimate of drug-likeness (QED) is 0.847. The third-order valence-corrected chi connectivity index (χ3v) is 5.49. The van der Waals surface area contributed by atoms with Gasteiger partial charge in [-0.15, -0.1) is 0 Å². The highest BCUT2D eigenvalue weighted by Crippen LogP contribution is 2.34. The lowest BCUT2D eigenvalue weighted by Crippen LogP contribution is -2.36. The van der Waals surface area contributed by atoms with Gasteiger partial charge in [-0.2, -0.15) is 0 Å². The van der Waals surface area contributed by atoms with Crippen LogP contribution in [0.1, 0.15) is 38.2 Å². The first-order valence-electron chi connectivity index (χ1n) is 9.23. The molecule has 1 aliphatic heterocycles. The van der Waals surface area contributed by atoms with Gasteiger partial charge in [0.15, 0.2) is 0 Å². The van der Waals surface area contributed by atoms with Crippen molar-refractivity contribution in [1.82, 2.24) is 4.98 Å². The van der Waals surface area contributed by atoms with Gasteiger partial charge in [0, 0.05) is 12.2 Å². The van der Waals surface area contributed by atoms with Gasteiger partial charge >= 0.3 is 0 Å². The van der Waals surface area contributed by atoms with Crippen molar-refractivity contribution in [1.29, 1.82) is 0 Å². The smallest absolute Gasteiger partial charge is 0.130 e. The van der Waals surface area contributed by atoms with Crippen LogP contribution >= 0.6 is 0 Å². The second-order valence-electron chi connectivity index (χ2n) is 7.70. The van der Waals surface area contributed by atoms with Crippen LogP contribution in [0.5, 0.6) is 0 Å². The molecule has 1 saturated heterocycles. The Labute approximate surface area is 148 Å². The molecule has 132 valence electrons. The molecule has 25 heavy (non-hydrogen) atoms. The zero-order chi connectivity index (χ0) is 17.3. The van der Waals surface area contributed by atoms with E-state index in [1.165, 1.54) is 37.0 Å². The highest BCUT2D eigenvalue weighted by atomic mass is 19.1. The Balaban J connectivity index is 1.65. The number of benzene rings is 1. The number of aromatic nitrogens is 1. The van der Waals surface area contributed by atoms with Crippen LogP contribution in [0.2, 0.25) is 0 Å². The van der Waals surface area contributed by atoms with Gasteiger partial charge in [0.25, 0.3) is 0 Å². The third kappa shape index (κ3) is 3.69. The summed E-state index contributed by atoms with van der Waals surface area (Å²) in [5.41, 5.74) is 3.03. The normalized spacial score (nSPS) is 23.4. The zero-order valence-corrected chi connectivity index (χ0v) is 14.7. The molecule has 0 amide bonds. The fraction of sp³-hybridized carbons (Fsp3) is 0.476. The van der Waals surface area contributed by atoms with Gasteiger partial charge in [-0.05, 0) is 61.6 Å². The molecule has 4 heteroatoms. The van der Waals surface area contributed by atoms with Crippen LogP contribution in [-0.2, 0) is 11.2 Å². The number of halogens is 1. The van der Waals surface area contributed by atoms with Crippen LogP contribution in [0.4, 0.5) is 10.2 Å². The summed E-state index contributed by atoms with van der Waals surface area (Å²) in [5.74, 6) is 1.52. The second kappa shape index (κ2) is 6.75. The summed E-state index contributed by atoms with van der Waals surface area (Å²) in [6.07, 6.45) is 6.05. The lowest BCUT2D eigenvalue weighted by Gasteiger charge is -2.29. The van der Waals surface area contributed by atoms with Crippen molar-refractivity contribution < 1.29 is 9.13 Å². The number of nitrogens with one attached hydrogen (secondary N) is 1. The first-order valence-corrected chi connectivity index (χ1v) is 9.23. The first-order chi connectivity index (χ1) is 12.1. The first kappa shape index (κ1) is 16.5. The molecule has 0 spiro atoms. The van der Waals surface area contributed by atoms with Crippen LogP contribution in [0.25, 0.3) is 11.3 Å². The molecule has 2 aromatic rings. The minimum atomic E-state index is -0.223. The Morgan fingerprint density at radius 3 is 2.64 bits per heavy atom. The van der Waals surface area contributed by atoms with E-state index in [0.717, 1.165) is 42.4 Å². The maximum atomic E-state index is 13.2. The number of hydrogen-bond donors (Lipinski definition) is 1. The molecule has 1 aromatic carbocycles. The van der Waals surface area contributed by atoms with Gasteiger partial charge in [-0.25, -0.2) is 9.37 Å². The van der Waals surface area contributed by atoms with E-state index in [9.17, 15) is 4.39 Å². The highest BCUT2D eigenvalue weighted by molar-refractivity contribution is 5.63. The topological polar surface area (TPSA) is 34.2 Å². The maximum absolute atomic E-state index is 13.2. The molecular weight excluding hydrogens is 315 g/mol. The van der Waals surface area contributed by atoms with E-state index in [0.29, 0.717) is 6.61 Å². The minimum absolute atomic E-state index is 0.0667. The van der Waals surface area contributed by atoms with E-state index in [1.807, 2.05) is 0 Å². The molecule has 1 saturated carbocycles. The van der Waals surface area contributed by atoms with Crippen LogP contribution in [0, 0.1) is 11.7 Å². The van der Waals surface area contributed by atoms with Crippen molar-refractivity contribution in [3.05, 3.63) is 47.8 Å². The summed E-state index contributed by atoms with van der Waals surface area (Å²) < 4.78 is 18.8. The van der Waals surface area contributed by atoms with Crippen molar-refractivity contribution in [2.24, 2.45) is 5.92 Å². The molecule has 2 aliphatic rings. The maximum Gasteiger partial charge on any atom is 0.130 e. The largest absolute Gasteiger partial charge is 0.379 e. The van der Waals surface area contributed by atoms with Gasteiger partial charge in [-0.1, -0.05) is 25.3 Å². The molecule has 4 rings (SSSR count). The second-order valence-corrected chi connectivity index (χ2v) is 7.70. The average molecular weight is 340 g/mol. The number of hydrogen-bond acceptors (Lipinski definition) is 3. The summed E-state index contributed by atoms with van der Waals surface area (Å²) in [7, 11) is 0. The summed E-state index contributed by atoms with van der Waals surface area (Å²) in [4.78, 5) is 4.90. The number of pyridine rings is 1. The summed E-state index contributed by atoms with van der Waals surface area (Å²) >= 11 is 0. The number of anilines is 1. The molecule has 0 radical (unpaired) electrons. The molecule has 1 aromatic heterocycles. The molecule has 1 atom stereocenters. The Morgan fingerprint density at radius 2 is 2.00 bits per heavy atom. The van der Waals surface area contributed by atoms with E-state index in [2.05, 4.69) is 24.4 Å². The predicted molar refractivity (Wildman–Crippen MR) is 98.1 cm³/mol. The van der Waals surface area contributed by atoms with Gasteiger partial charge in [0.2, 0.25) is 0 Å². The van der Waals surface area contributed by atoms with Crippen molar-refractivity contribution in [2.45, 2.75) is 44.6 Å². The monoisotopic (exact) mass is 340 g/mol. The molecule has 0 bridgehead atoms. The highest BCUT2D eigenvalue weighted by Gasteiger charge is 2.31. The minimum Gasteiger partial charge on any atom is -0.379 e. The lowest BCUT2D eigenvalue weighted by molar-refractivity contribution is 0.185. The van der Waals surface area contributed by atoms with Gasteiger partial charge in [0.05, 0.1) is 17.8 Å². The zero-order valence-electron chi connectivity index (χ0n) is 14.7. The van der Waals surface area contributed by atoms with Crippen LogP contribution in [0.15, 0.2) is 36.4 Å². The van der Waals surface area contributed by atoms with Crippen molar-refractivity contribution in [2.75, 3.05) is 18.5 Å². The lowest BCUT2D eigenvalue weighted by atomic mass is 9.81. The van der Waals surface area contributed by atoms with Crippen molar-refractivity contribution >= 4 is 5.82 Å². The van der Waals surface area contributed by atoms with E-state index in [-0.39, 0.29) is 11.4 Å². The standard InChI is InChI=1S/C21H25FN2O/c1-21(11-12-25-14-21)24-20-17(13-15-3-2-4-15)7-10-19(23-20)16-5-8-18(22)9-6-16/h5-10,15H,2-4,11-14H2,1H3,(H,23,24). The van der Waals surface area contributed by atoms with Crippen LogP contribution in [-0.4, -0.2) is 23.7 Å². The van der Waals surface area contributed by atoms with E-state index in [4.69, 9.17) is 9.72 Å². The molecule has 2 fully saturated rings. The van der Waals surface area contributed by atoms with Crippen molar-refractivity contribution in [3.8, 4) is 11.3 Å². The van der Waals surface area contributed by atoms with Crippen molar-refractivity contribution in [3.63, 3.8) is 0 Å². The number of nitrogens with zero attached hydrogens (tertiary/aromatic N) is 1. The molecule has 2 heterocycles. The Hall–Kier alpha value is -1.94. The molecule has 3 nitrogen and oxygen atoms in total. The van der Waals surface area contributed by atoms with Gasteiger partial charge in [0.1, 0.15) is 11.6 Å². The summed E-state index contributed by atoms with van der Waals surface area (Å²) in [6, 6.07) is 10.8. The Morgan fingerprint density at radius 1 is 1.20 bits per heavy atom. The Bertz CT molecular complexity index is 734. The summed E-state index contributed by atoms with van der Waals surface area (Å²) in [6.45, 7) is 3.69. The van der Waals surface area contributed by atoms with Crippen LogP contribution in [0.3, 0.4) is 0 Å². The van der Waals surface area contributed by atoms with Gasteiger partial charge in [-0.3, -0.25) is 0 Å². The van der Waals surface area contributed by atoms with Crippen LogP contribution < -0.4 is 5.32 Å².